The lowest BCUT2D eigenvalue weighted by Gasteiger charge is -2.26. The Morgan fingerprint density at radius 1 is 1.22 bits per heavy atom. The Balaban J connectivity index is 1.57. The number of aromatic nitrogens is 2. The quantitative estimate of drug-likeness (QED) is 0.914. The van der Waals surface area contributed by atoms with E-state index in [4.69, 9.17) is 9.15 Å². The zero-order valence-electron chi connectivity index (χ0n) is 14.0. The molecule has 0 amide bonds. The fourth-order valence-electron chi connectivity index (χ4n) is 2.83. The minimum atomic E-state index is 0.228. The van der Waals surface area contributed by atoms with Crippen LogP contribution in [0.2, 0.25) is 0 Å². The van der Waals surface area contributed by atoms with Gasteiger partial charge in [-0.15, -0.1) is 0 Å². The van der Waals surface area contributed by atoms with Gasteiger partial charge in [-0.25, -0.2) is 9.97 Å². The Labute approximate surface area is 136 Å². The molecule has 2 aromatic rings. The molecule has 1 aliphatic heterocycles. The number of nitrogens with zero attached hydrogens (tertiary/aromatic N) is 3. The SMILES string of the molecule is Cc1cc([C@H](C)NCc2cnc(N3CCOCC3)nc2)c(C)o1. The summed E-state index contributed by atoms with van der Waals surface area (Å²) in [6, 6.07) is 2.32. The molecule has 6 nitrogen and oxygen atoms in total. The van der Waals surface area contributed by atoms with E-state index in [0.29, 0.717) is 0 Å². The van der Waals surface area contributed by atoms with Crippen LogP contribution in [0.15, 0.2) is 22.9 Å². The van der Waals surface area contributed by atoms with Crippen molar-refractivity contribution in [3.8, 4) is 0 Å². The number of hydrogen-bond acceptors (Lipinski definition) is 6. The molecule has 1 aliphatic rings. The van der Waals surface area contributed by atoms with Gasteiger partial charge in [-0.3, -0.25) is 0 Å². The van der Waals surface area contributed by atoms with E-state index < -0.39 is 0 Å². The Kier molecular flexibility index (Phi) is 4.93. The molecule has 1 atom stereocenters. The maximum Gasteiger partial charge on any atom is 0.225 e. The first-order valence-electron chi connectivity index (χ1n) is 8.07. The summed E-state index contributed by atoms with van der Waals surface area (Å²) < 4.78 is 10.9. The molecule has 0 aliphatic carbocycles. The van der Waals surface area contributed by atoms with Gasteiger partial charge in [0.2, 0.25) is 5.95 Å². The summed E-state index contributed by atoms with van der Waals surface area (Å²) in [6.07, 6.45) is 3.79. The van der Waals surface area contributed by atoms with Crippen LogP contribution >= 0.6 is 0 Å². The number of hydrogen-bond donors (Lipinski definition) is 1. The zero-order chi connectivity index (χ0) is 16.2. The van der Waals surface area contributed by atoms with Gasteiger partial charge in [0.25, 0.3) is 0 Å². The third kappa shape index (κ3) is 3.89. The number of morpholine rings is 1. The van der Waals surface area contributed by atoms with E-state index in [2.05, 4.69) is 33.2 Å². The monoisotopic (exact) mass is 316 g/mol. The van der Waals surface area contributed by atoms with Crippen LogP contribution in [0, 0.1) is 13.8 Å². The largest absolute Gasteiger partial charge is 0.466 e. The van der Waals surface area contributed by atoms with E-state index in [1.807, 2.05) is 26.2 Å². The van der Waals surface area contributed by atoms with E-state index in [9.17, 15) is 0 Å². The number of aryl methyl sites for hydroxylation is 2. The highest BCUT2D eigenvalue weighted by Gasteiger charge is 2.14. The fraction of sp³-hybridized carbons (Fsp3) is 0.529. The molecule has 6 heteroatoms. The van der Waals surface area contributed by atoms with Crippen molar-refractivity contribution in [1.29, 1.82) is 0 Å². The average Bonchev–Trinajstić information content (AvgIpc) is 2.92. The summed E-state index contributed by atoms with van der Waals surface area (Å²) in [4.78, 5) is 11.1. The molecule has 0 saturated carbocycles. The molecule has 0 radical (unpaired) electrons. The lowest BCUT2D eigenvalue weighted by Crippen LogP contribution is -2.37. The summed E-state index contributed by atoms with van der Waals surface area (Å²) in [6.45, 7) is 10.0. The van der Waals surface area contributed by atoms with Crippen molar-refractivity contribution >= 4 is 5.95 Å². The number of furan rings is 1. The molecule has 23 heavy (non-hydrogen) atoms. The molecule has 3 rings (SSSR count). The van der Waals surface area contributed by atoms with E-state index >= 15 is 0 Å². The Bertz CT molecular complexity index is 633. The summed E-state index contributed by atoms with van der Waals surface area (Å²) in [7, 11) is 0. The normalized spacial score (nSPS) is 16.6. The first-order chi connectivity index (χ1) is 11.1. The van der Waals surface area contributed by atoms with E-state index in [0.717, 1.165) is 55.9 Å². The smallest absolute Gasteiger partial charge is 0.225 e. The summed E-state index contributed by atoms with van der Waals surface area (Å²) in [5, 5.41) is 3.49. The number of rotatable bonds is 5. The van der Waals surface area contributed by atoms with E-state index in [-0.39, 0.29) is 6.04 Å². The Hall–Kier alpha value is -1.92. The van der Waals surface area contributed by atoms with Gasteiger partial charge in [0.05, 0.1) is 13.2 Å². The minimum absolute atomic E-state index is 0.228. The van der Waals surface area contributed by atoms with Crippen molar-refractivity contribution in [3.05, 3.63) is 41.1 Å². The van der Waals surface area contributed by atoms with Crippen molar-refractivity contribution < 1.29 is 9.15 Å². The molecular formula is C17H24N4O2. The van der Waals surface area contributed by atoms with E-state index in [1.54, 1.807) is 0 Å². The van der Waals surface area contributed by atoms with Crippen molar-refractivity contribution in [2.75, 3.05) is 31.2 Å². The second kappa shape index (κ2) is 7.10. The van der Waals surface area contributed by atoms with Crippen LogP contribution in [-0.4, -0.2) is 36.3 Å². The maximum absolute atomic E-state index is 5.59. The van der Waals surface area contributed by atoms with Crippen LogP contribution < -0.4 is 10.2 Å². The second-order valence-electron chi connectivity index (χ2n) is 5.96. The number of anilines is 1. The van der Waals surface area contributed by atoms with Crippen molar-refractivity contribution in [1.82, 2.24) is 15.3 Å². The first kappa shape index (κ1) is 16.0. The molecule has 1 fully saturated rings. The molecule has 0 bridgehead atoms. The fourth-order valence-corrected chi connectivity index (χ4v) is 2.83. The van der Waals surface area contributed by atoms with Crippen LogP contribution in [-0.2, 0) is 11.3 Å². The molecule has 3 heterocycles. The number of nitrogens with one attached hydrogen (secondary N) is 1. The zero-order valence-corrected chi connectivity index (χ0v) is 14.0. The van der Waals surface area contributed by atoms with Gasteiger partial charge in [-0.2, -0.15) is 0 Å². The van der Waals surface area contributed by atoms with Gasteiger partial charge in [0.1, 0.15) is 11.5 Å². The molecule has 1 N–H and O–H groups in total. The standard InChI is InChI=1S/C17H24N4O2/c1-12-8-16(14(3)23-12)13(2)18-9-15-10-19-17(20-11-15)21-4-6-22-7-5-21/h8,10-11,13,18H,4-7,9H2,1-3H3/t13-/m0/s1. The minimum Gasteiger partial charge on any atom is -0.466 e. The van der Waals surface area contributed by atoms with Crippen molar-refractivity contribution in [3.63, 3.8) is 0 Å². The predicted molar refractivity (Wildman–Crippen MR) is 88.5 cm³/mol. The first-order valence-corrected chi connectivity index (χ1v) is 8.07. The van der Waals surface area contributed by atoms with Crippen LogP contribution in [0.25, 0.3) is 0 Å². The van der Waals surface area contributed by atoms with Crippen LogP contribution in [0.3, 0.4) is 0 Å². The molecule has 0 unspecified atom stereocenters. The molecule has 1 saturated heterocycles. The molecular weight excluding hydrogens is 292 g/mol. The second-order valence-corrected chi connectivity index (χ2v) is 5.96. The number of ether oxygens (including phenoxy) is 1. The molecule has 2 aromatic heterocycles. The summed E-state index contributed by atoms with van der Waals surface area (Å²) >= 11 is 0. The van der Waals surface area contributed by atoms with Gasteiger partial charge in [0.15, 0.2) is 0 Å². The van der Waals surface area contributed by atoms with Gasteiger partial charge < -0.3 is 19.4 Å². The topological polar surface area (TPSA) is 63.4 Å². The Morgan fingerprint density at radius 2 is 1.91 bits per heavy atom. The highest BCUT2D eigenvalue weighted by atomic mass is 16.5. The third-order valence-electron chi connectivity index (χ3n) is 4.14. The summed E-state index contributed by atoms with van der Waals surface area (Å²) in [5.74, 6) is 2.71. The maximum atomic E-state index is 5.59. The average molecular weight is 316 g/mol. The lowest BCUT2D eigenvalue weighted by molar-refractivity contribution is 0.122. The highest BCUT2D eigenvalue weighted by molar-refractivity contribution is 5.30. The summed E-state index contributed by atoms with van der Waals surface area (Å²) in [5.41, 5.74) is 2.28. The molecule has 124 valence electrons. The Morgan fingerprint density at radius 3 is 2.52 bits per heavy atom. The predicted octanol–water partition coefficient (Wildman–Crippen LogP) is 2.37. The van der Waals surface area contributed by atoms with Gasteiger partial charge in [-0.05, 0) is 26.8 Å². The van der Waals surface area contributed by atoms with Crippen molar-refractivity contribution in [2.24, 2.45) is 0 Å². The highest BCUT2D eigenvalue weighted by Crippen LogP contribution is 2.21. The molecule has 0 aromatic carbocycles. The van der Waals surface area contributed by atoms with E-state index in [1.165, 1.54) is 5.56 Å². The van der Waals surface area contributed by atoms with Gasteiger partial charge in [-0.1, -0.05) is 0 Å². The third-order valence-corrected chi connectivity index (χ3v) is 4.14. The van der Waals surface area contributed by atoms with Crippen LogP contribution in [0.5, 0.6) is 0 Å². The van der Waals surface area contributed by atoms with Crippen LogP contribution in [0.1, 0.15) is 35.6 Å². The van der Waals surface area contributed by atoms with Crippen LogP contribution in [0.4, 0.5) is 5.95 Å². The van der Waals surface area contributed by atoms with Gasteiger partial charge in [0, 0.05) is 49.2 Å². The lowest BCUT2D eigenvalue weighted by atomic mass is 10.1. The molecule has 0 spiro atoms. The van der Waals surface area contributed by atoms with Gasteiger partial charge >= 0.3 is 0 Å². The van der Waals surface area contributed by atoms with Crippen molar-refractivity contribution in [2.45, 2.75) is 33.4 Å².